The van der Waals surface area contributed by atoms with Gasteiger partial charge in [0, 0.05) is 10.6 Å². The molecule has 0 aliphatic heterocycles. The third kappa shape index (κ3) is 2.96. The van der Waals surface area contributed by atoms with E-state index in [9.17, 15) is 5.11 Å². The van der Waals surface area contributed by atoms with Crippen LogP contribution < -0.4 is 0 Å². The van der Waals surface area contributed by atoms with E-state index in [1.807, 2.05) is 31.2 Å². The lowest BCUT2D eigenvalue weighted by atomic mass is 9.83. The van der Waals surface area contributed by atoms with Crippen LogP contribution in [0.4, 0.5) is 0 Å². The molecule has 1 unspecified atom stereocenters. The fourth-order valence-corrected chi connectivity index (χ4v) is 2.98. The van der Waals surface area contributed by atoms with Crippen molar-refractivity contribution in [2.75, 3.05) is 0 Å². The zero-order chi connectivity index (χ0) is 13.0. The molecule has 1 aliphatic carbocycles. The molecule has 0 saturated heterocycles. The van der Waals surface area contributed by atoms with E-state index < -0.39 is 5.60 Å². The Hall–Kier alpha value is -0.790. The van der Waals surface area contributed by atoms with Gasteiger partial charge in [-0.05, 0) is 44.2 Å². The molecular weight excluding hydrogens is 244 g/mol. The van der Waals surface area contributed by atoms with E-state index in [-0.39, 0.29) is 0 Å². The summed E-state index contributed by atoms with van der Waals surface area (Å²) in [5.74, 6) is 0. The van der Waals surface area contributed by atoms with Gasteiger partial charge in [-0.1, -0.05) is 48.7 Å². The van der Waals surface area contributed by atoms with Crippen LogP contribution in [0.2, 0.25) is 5.02 Å². The van der Waals surface area contributed by atoms with Crippen LogP contribution in [0.25, 0.3) is 0 Å². The molecule has 98 valence electrons. The summed E-state index contributed by atoms with van der Waals surface area (Å²) < 4.78 is 0. The summed E-state index contributed by atoms with van der Waals surface area (Å²) in [5.41, 5.74) is 1.00. The minimum Gasteiger partial charge on any atom is -0.381 e. The highest BCUT2D eigenvalue weighted by Crippen LogP contribution is 2.37. The van der Waals surface area contributed by atoms with Gasteiger partial charge in [0.2, 0.25) is 0 Å². The van der Waals surface area contributed by atoms with Crippen molar-refractivity contribution in [1.82, 2.24) is 0 Å². The van der Waals surface area contributed by atoms with Crippen LogP contribution in [0.5, 0.6) is 0 Å². The maximum atomic E-state index is 10.9. The van der Waals surface area contributed by atoms with Crippen LogP contribution in [0.3, 0.4) is 0 Å². The number of allylic oxidation sites excluding steroid dienone is 1. The standard InChI is InChI=1S/C16H21ClO/c1-16(18,14-11-7-8-12-15(14)17)13-9-5-3-2-4-6-10-13/h7-9,11-12,18H,2-6,10H2,1H3/b13-9+. The van der Waals surface area contributed by atoms with E-state index in [2.05, 4.69) is 6.08 Å². The van der Waals surface area contributed by atoms with Crippen molar-refractivity contribution in [1.29, 1.82) is 0 Å². The summed E-state index contributed by atoms with van der Waals surface area (Å²) in [5, 5.41) is 11.5. The number of hydrogen-bond donors (Lipinski definition) is 1. The molecule has 0 spiro atoms. The average molecular weight is 265 g/mol. The van der Waals surface area contributed by atoms with E-state index >= 15 is 0 Å². The second kappa shape index (κ2) is 5.90. The lowest BCUT2D eigenvalue weighted by Gasteiger charge is -2.29. The smallest absolute Gasteiger partial charge is 0.109 e. The molecule has 0 saturated carbocycles. The first-order valence-corrected chi connectivity index (χ1v) is 7.17. The minimum atomic E-state index is -0.935. The Labute approximate surface area is 114 Å². The fraction of sp³-hybridized carbons (Fsp3) is 0.500. The van der Waals surface area contributed by atoms with Crippen LogP contribution in [0.15, 0.2) is 35.9 Å². The Morgan fingerprint density at radius 1 is 1.11 bits per heavy atom. The van der Waals surface area contributed by atoms with Gasteiger partial charge in [0.1, 0.15) is 5.60 Å². The second-order valence-corrected chi connectivity index (χ2v) is 5.64. The van der Waals surface area contributed by atoms with E-state index in [1.54, 1.807) is 0 Å². The highest BCUT2D eigenvalue weighted by molar-refractivity contribution is 6.31. The number of hydrogen-bond acceptors (Lipinski definition) is 1. The van der Waals surface area contributed by atoms with Crippen molar-refractivity contribution < 1.29 is 5.11 Å². The summed E-state index contributed by atoms with van der Waals surface area (Å²) in [6, 6.07) is 7.59. The predicted molar refractivity (Wildman–Crippen MR) is 76.8 cm³/mol. The summed E-state index contributed by atoms with van der Waals surface area (Å²) in [6.07, 6.45) is 9.19. The van der Waals surface area contributed by atoms with Gasteiger partial charge in [-0.25, -0.2) is 0 Å². The molecule has 1 aliphatic rings. The normalized spacial score (nSPS) is 23.4. The van der Waals surface area contributed by atoms with E-state index in [0.717, 1.165) is 30.4 Å². The molecule has 2 heteroatoms. The maximum Gasteiger partial charge on any atom is 0.109 e. The highest BCUT2D eigenvalue weighted by Gasteiger charge is 2.29. The van der Waals surface area contributed by atoms with Crippen molar-refractivity contribution >= 4 is 11.6 Å². The molecule has 0 heterocycles. The van der Waals surface area contributed by atoms with Gasteiger partial charge in [0.15, 0.2) is 0 Å². The topological polar surface area (TPSA) is 20.2 Å². The number of benzene rings is 1. The molecule has 1 N–H and O–H groups in total. The zero-order valence-electron chi connectivity index (χ0n) is 11.0. The summed E-state index contributed by atoms with van der Waals surface area (Å²) in [6.45, 7) is 1.86. The highest BCUT2D eigenvalue weighted by atomic mass is 35.5. The lowest BCUT2D eigenvalue weighted by molar-refractivity contribution is 0.0923. The van der Waals surface area contributed by atoms with Gasteiger partial charge in [-0.15, -0.1) is 0 Å². The molecule has 1 nitrogen and oxygen atoms in total. The van der Waals surface area contributed by atoms with Crippen molar-refractivity contribution in [3.8, 4) is 0 Å². The molecule has 0 radical (unpaired) electrons. The van der Waals surface area contributed by atoms with Gasteiger partial charge in [-0.3, -0.25) is 0 Å². The minimum absolute atomic E-state index is 0.644. The zero-order valence-corrected chi connectivity index (χ0v) is 11.7. The Kier molecular flexibility index (Phi) is 4.47. The van der Waals surface area contributed by atoms with Gasteiger partial charge in [0.25, 0.3) is 0 Å². The fourth-order valence-electron chi connectivity index (χ4n) is 2.66. The Morgan fingerprint density at radius 2 is 1.83 bits per heavy atom. The van der Waals surface area contributed by atoms with Crippen molar-refractivity contribution in [3.05, 3.63) is 46.5 Å². The SMILES string of the molecule is CC(O)(/C1=C/CCCCCC1)c1ccccc1Cl. The first-order valence-electron chi connectivity index (χ1n) is 6.79. The van der Waals surface area contributed by atoms with Gasteiger partial charge >= 0.3 is 0 Å². The van der Waals surface area contributed by atoms with Crippen LogP contribution in [0.1, 0.15) is 51.0 Å². The summed E-state index contributed by atoms with van der Waals surface area (Å²) in [4.78, 5) is 0. The van der Waals surface area contributed by atoms with Gasteiger partial charge in [0.05, 0.1) is 0 Å². The van der Waals surface area contributed by atoms with Crippen molar-refractivity contribution in [2.45, 2.75) is 51.0 Å². The molecule has 0 aromatic heterocycles. The second-order valence-electron chi connectivity index (χ2n) is 5.23. The van der Waals surface area contributed by atoms with Crippen molar-refractivity contribution in [3.63, 3.8) is 0 Å². The third-order valence-electron chi connectivity index (χ3n) is 3.81. The number of aliphatic hydroxyl groups is 1. The van der Waals surface area contributed by atoms with Crippen LogP contribution in [-0.4, -0.2) is 5.11 Å². The van der Waals surface area contributed by atoms with E-state index in [4.69, 9.17) is 11.6 Å². The van der Waals surface area contributed by atoms with Crippen LogP contribution in [0, 0.1) is 0 Å². The van der Waals surface area contributed by atoms with Gasteiger partial charge in [-0.2, -0.15) is 0 Å². The quantitative estimate of drug-likeness (QED) is 0.759. The maximum absolute atomic E-state index is 10.9. The predicted octanol–water partition coefficient (Wildman–Crippen LogP) is 4.83. The molecule has 18 heavy (non-hydrogen) atoms. The molecule has 0 bridgehead atoms. The molecule has 2 rings (SSSR count). The monoisotopic (exact) mass is 264 g/mol. The largest absolute Gasteiger partial charge is 0.381 e. The lowest BCUT2D eigenvalue weighted by Crippen LogP contribution is -2.25. The third-order valence-corrected chi connectivity index (χ3v) is 4.14. The number of halogens is 1. The molecule has 0 fully saturated rings. The first kappa shape index (κ1) is 13.6. The molecule has 1 atom stereocenters. The summed E-state index contributed by atoms with van der Waals surface area (Å²) >= 11 is 6.21. The van der Waals surface area contributed by atoms with Crippen LogP contribution >= 0.6 is 11.6 Å². The Bertz CT molecular complexity index is 434. The molecular formula is C16H21ClO. The van der Waals surface area contributed by atoms with Crippen molar-refractivity contribution in [2.24, 2.45) is 0 Å². The average Bonchev–Trinajstić information content (AvgIpc) is 2.28. The summed E-state index contributed by atoms with van der Waals surface area (Å²) in [7, 11) is 0. The first-order chi connectivity index (χ1) is 8.62. The molecule has 0 amide bonds. The van der Waals surface area contributed by atoms with Gasteiger partial charge < -0.3 is 5.11 Å². The molecule has 1 aromatic carbocycles. The van der Waals surface area contributed by atoms with E-state index in [1.165, 1.54) is 19.3 Å². The van der Waals surface area contributed by atoms with Crippen LogP contribution in [-0.2, 0) is 5.60 Å². The Balaban J connectivity index is 2.31. The number of rotatable bonds is 2. The Morgan fingerprint density at radius 3 is 2.61 bits per heavy atom. The van der Waals surface area contributed by atoms with E-state index in [0.29, 0.717) is 5.02 Å². The molecule has 1 aromatic rings.